The van der Waals surface area contributed by atoms with Gasteiger partial charge in [-0.25, -0.2) is 4.39 Å². The highest BCUT2D eigenvalue weighted by molar-refractivity contribution is 9.10. The number of Topliss-reactive ketones (excluding diaryl/α,β-unsaturated/α-hetero) is 1. The third kappa shape index (κ3) is 1.46. The standard InChI is InChI=1S/C10H9BrFNO2/c1-4(14)7-5-2-15-3-6(5)8(11)9(12)10(7)13/h2-3,13H2,1H3. The number of carbonyl (C=O) groups is 1. The number of benzene rings is 1. The average Bonchev–Trinajstić information content (AvgIpc) is 2.62. The summed E-state index contributed by atoms with van der Waals surface area (Å²) in [5.74, 6) is -0.815. The topological polar surface area (TPSA) is 52.3 Å². The summed E-state index contributed by atoms with van der Waals surface area (Å²) in [6, 6.07) is 0. The summed E-state index contributed by atoms with van der Waals surface area (Å²) in [6.45, 7) is 2.00. The maximum atomic E-state index is 13.6. The number of ketones is 1. The molecule has 0 atom stereocenters. The van der Waals surface area contributed by atoms with Crippen molar-refractivity contribution in [3.05, 3.63) is 27.0 Å². The SMILES string of the molecule is CC(=O)c1c(N)c(F)c(Br)c2c1COC2. The van der Waals surface area contributed by atoms with Gasteiger partial charge >= 0.3 is 0 Å². The van der Waals surface area contributed by atoms with E-state index in [1.165, 1.54) is 6.92 Å². The zero-order valence-corrected chi connectivity index (χ0v) is 9.65. The molecule has 0 unspecified atom stereocenters. The number of nitrogens with two attached hydrogens (primary N) is 1. The van der Waals surface area contributed by atoms with Gasteiger partial charge in [-0.05, 0) is 28.4 Å². The quantitative estimate of drug-likeness (QED) is 0.632. The first kappa shape index (κ1) is 10.6. The van der Waals surface area contributed by atoms with E-state index in [-0.39, 0.29) is 17.0 Å². The van der Waals surface area contributed by atoms with Crippen molar-refractivity contribution < 1.29 is 13.9 Å². The van der Waals surface area contributed by atoms with Gasteiger partial charge in [0, 0.05) is 11.1 Å². The molecule has 1 heterocycles. The van der Waals surface area contributed by atoms with E-state index in [1.807, 2.05) is 0 Å². The molecule has 1 aliphatic rings. The van der Waals surface area contributed by atoms with Gasteiger partial charge < -0.3 is 10.5 Å². The molecule has 80 valence electrons. The minimum Gasteiger partial charge on any atom is -0.396 e. The van der Waals surface area contributed by atoms with E-state index in [0.29, 0.717) is 28.8 Å². The number of anilines is 1. The van der Waals surface area contributed by atoms with Crippen LogP contribution in [0.15, 0.2) is 4.47 Å². The van der Waals surface area contributed by atoms with Gasteiger partial charge in [-0.1, -0.05) is 0 Å². The molecular weight excluding hydrogens is 265 g/mol. The molecule has 0 bridgehead atoms. The predicted octanol–water partition coefficient (Wildman–Crippen LogP) is 2.40. The van der Waals surface area contributed by atoms with Crippen LogP contribution in [-0.2, 0) is 18.0 Å². The molecule has 0 aliphatic carbocycles. The first-order chi connectivity index (χ1) is 7.04. The van der Waals surface area contributed by atoms with Crippen molar-refractivity contribution in [2.45, 2.75) is 20.1 Å². The molecule has 0 radical (unpaired) electrons. The zero-order valence-electron chi connectivity index (χ0n) is 8.06. The Balaban J connectivity index is 2.81. The van der Waals surface area contributed by atoms with Crippen molar-refractivity contribution in [1.82, 2.24) is 0 Å². The molecule has 3 nitrogen and oxygen atoms in total. The highest BCUT2D eigenvalue weighted by atomic mass is 79.9. The Hall–Kier alpha value is -0.940. The number of carbonyl (C=O) groups excluding carboxylic acids is 1. The summed E-state index contributed by atoms with van der Waals surface area (Å²) in [5, 5.41) is 0. The summed E-state index contributed by atoms with van der Waals surface area (Å²) < 4.78 is 19.1. The Morgan fingerprint density at radius 1 is 1.47 bits per heavy atom. The number of hydrogen-bond acceptors (Lipinski definition) is 3. The maximum Gasteiger partial charge on any atom is 0.162 e. The molecule has 0 spiro atoms. The Morgan fingerprint density at radius 3 is 2.67 bits per heavy atom. The van der Waals surface area contributed by atoms with Gasteiger partial charge in [0.25, 0.3) is 0 Å². The van der Waals surface area contributed by atoms with Gasteiger partial charge in [-0.15, -0.1) is 0 Å². The summed E-state index contributed by atoms with van der Waals surface area (Å²) in [7, 11) is 0. The van der Waals surface area contributed by atoms with Crippen molar-refractivity contribution in [1.29, 1.82) is 0 Å². The summed E-state index contributed by atoms with van der Waals surface area (Å²) >= 11 is 3.12. The van der Waals surface area contributed by atoms with Gasteiger partial charge in [0.15, 0.2) is 11.6 Å². The summed E-state index contributed by atoms with van der Waals surface area (Å²) in [6.07, 6.45) is 0. The van der Waals surface area contributed by atoms with Gasteiger partial charge in [0.05, 0.1) is 23.4 Å². The molecule has 0 saturated heterocycles. The molecule has 1 aromatic rings. The lowest BCUT2D eigenvalue weighted by atomic mass is 9.98. The normalized spacial score (nSPS) is 14.1. The molecular formula is C10H9BrFNO2. The van der Waals surface area contributed by atoms with Crippen molar-refractivity contribution in [3.8, 4) is 0 Å². The van der Waals surface area contributed by atoms with Crippen molar-refractivity contribution in [3.63, 3.8) is 0 Å². The third-order valence-corrected chi connectivity index (χ3v) is 3.30. The molecule has 0 saturated carbocycles. The van der Waals surface area contributed by atoms with Crippen LogP contribution in [0.5, 0.6) is 0 Å². The van der Waals surface area contributed by atoms with Crippen LogP contribution in [0.2, 0.25) is 0 Å². The monoisotopic (exact) mass is 273 g/mol. The van der Waals surface area contributed by atoms with Crippen LogP contribution in [0.4, 0.5) is 10.1 Å². The largest absolute Gasteiger partial charge is 0.396 e. The third-order valence-electron chi connectivity index (χ3n) is 2.47. The fourth-order valence-electron chi connectivity index (χ4n) is 1.77. The van der Waals surface area contributed by atoms with E-state index in [1.54, 1.807) is 0 Å². The lowest BCUT2D eigenvalue weighted by Gasteiger charge is -2.11. The molecule has 5 heteroatoms. The zero-order chi connectivity index (χ0) is 11.2. The van der Waals surface area contributed by atoms with E-state index < -0.39 is 5.82 Å². The lowest BCUT2D eigenvalue weighted by Crippen LogP contribution is -2.08. The van der Waals surface area contributed by atoms with E-state index in [9.17, 15) is 9.18 Å². The Bertz CT molecular complexity index is 459. The van der Waals surface area contributed by atoms with Crippen molar-refractivity contribution in [2.75, 3.05) is 5.73 Å². The minimum atomic E-state index is -0.579. The Kier molecular flexibility index (Phi) is 2.52. The first-order valence-corrected chi connectivity index (χ1v) is 5.20. The highest BCUT2D eigenvalue weighted by Crippen LogP contribution is 2.37. The van der Waals surface area contributed by atoms with Crippen LogP contribution in [-0.4, -0.2) is 5.78 Å². The lowest BCUT2D eigenvalue weighted by molar-refractivity contribution is 0.101. The number of halogens is 2. The molecule has 0 aromatic heterocycles. The fraction of sp³-hybridized carbons (Fsp3) is 0.300. The summed E-state index contributed by atoms with van der Waals surface area (Å²) in [4.78, 5) is 11.4. The van der Waals surface area contributed by atoms with Crippen molar-refractivity contribution in [2.24, 2.45) is 0 Å². The Labute approximate surface area is 94.5 Å². The highest BCUT2D eigenvalue weighted by Gasteiger charge is 2.26. The van der Waals surface area contributed by atoms with Crippen molar-refractivity contribution >= 4 is 27.4 Å². The van der Waals surface area contributed by atoms with Crippen LogP contribution in [0.3, 0.4) is 0 Å². The average molecular weight is 274 g/mol. The molecule has 2 N–H and O–H groups in total. The summed E-state index contributed by atoms with van der Waals surface area (Å²) in [5.41, 5.74) is 7.12. The van der Waals surface area contributed by atoms with Crippen LogP contribution in [0, 0.1) is 5.82 Å². The molecule has 0 amide bonds. The molecule has 0 fully saturated rings. The van der Waals surface area contributed by atoms with Gasteiger partial charge in [-0.2, -0.15) is 0 Å². The maximum absolute atomic E-state index is 13.6. The van der Waals surface area contributed by atoms with E-state index in [0.717, 1.165) is 0 Å². The number of rotatable bonds is 1. The second-order valence-electron chi connectivity index (χ2n) is 3.42. The number of ether oxygens (including phenoxy) is 1. The molecule has 15 heavy (non-hydrogen) atoms. The molecule has 2 rings (SSSR count). The number of fused-ring (bicyclic) bond motifs is 1. The van der Waals surface area contributed by atoms with Crippen LogP contribution in [0.25, 0.3) is 0 Å². The fourth-order valence-corrected chi connectivity index (χ4v) is 2.34. The van der Waals surface area contributed by atoms with E-state index >= 15 is 0 Å². The van der Waals surface area contributed by atoms with E-state index in [4.69, 9.17) is 10.5 Å². The van der Waals surface area contributed by atoms with Gasteiger partial charge in [0.1, 0.15) is 0 Å². The van der Waals surface area contributed by atoms with E-state index in [2.05, 4.69) is 15.9 Å². The number of nitrogen functional groups attached to an aromatic ring is 1. The van der Waals surface area contributed by atoms with Gasteiger partial charge in [-0.3, -0.25) is 4.79 Å². The second-order valence-corrected chi connectivity index (χ2v) is 4.22. The second kappa shape index (κ2) is 3.57. The molecule has 1 aliphatic heterocycles. The Morgan fingerprint density at radius 2 is 2.07 bits per heavy atom. The van der Waals surface area contributed by atoms with Crippen LogP contribution < -0.4 is 5.73 Å². The first-order valence-electron chi connectivity index (χ1n) is 4.41. The van der Waals surface area contributed by atoms with Gasteiger partial charge in [0.2, 0.25) is 0 Å². The smallest absolute Gasteiger partial charge is 0.162 e. The van der Waals surface area contributed by atoms with Crippen LogP contribution >= 0.6 is 15.9 Å². The molecule has 1 aromatic carbocycles. The predicted molar refractivity (Wildman–Crippen MR) is 57.0 cm³/mol. The van der Waals surface area contributed by atoms with Crippen LogP contribution in [0.1, 0.15) is 28.4 Å². The minimum absolute atomic E-state index is 0.0985. The number of hydrogen-bond donors (Lipinski definition) is 1.